The summed E-state index contributed by atoms with van der Waals surface area (Å²) in [5.41, 5.74) is 0.347. The van der Waals surface area contributed by atoms with Crippen LogP contribution in [0.5, 0.6) is 0 Å². The summed E-state index contributed by atoms with van der Waals surface area (Å²) in [4.78, 5) is 0. The Labute approximate surface area is 107 Å². The van der Waals surface area contributed by atoms with Crippen LogP contribution in [0.25, 0.3) is 0 Å². The van der Waals surface area contributed by atoms with Crippen LogP contribution >= 0.6 is 0 Å². The molecular weight excluding hydrogens is 258 g/mol. The minimum atomic E-state index is -1.54. The van der Waals surface area contributed by atoms with Crippen LogP contribution in [0.3, 0.4) is 0 Å². The van der Waals surface area contributed by atoms with Gasteiger partial charge in [-0.15, -0.1) is 0 Å². The highest BCUT2D eigenvalue weighted by molar-refractivity contribution is 5.33. The monoisotopic (exact) mass is 269 g/mol. The van der Waals surface area contributed by atoms with Gasteiger partial charge in [0.25, 0.3) is 0 Å². The zero-order chi connectivity index (χ0) is 14.0. The second-order valence-corrected chi connectivity index (χ2v) is 4.04. The molecule has 0 saturated carbocycles. The second kappa shape index (κ2) is 5.40. The highest BCUT2D eigenvalue weighted by atomic mass is 19.2. The summed E-state index contributed by atoms with van der Waals surface area (Å²) in [5, 5.41) is 2.75. The zero-order valence-corrected chi connectivity index (χ0v) is 10.1. The quantitative estimate of drug-likeness (QED) is 0.663. The standard InChI is InChI=1S/C14H11F4N/c1-19-14(9-4-2-3-5-10(9)15)8-6-11(16)13(18)12(17)7-8/h2-7,14,19H,1H3. The molecule has 1 unspecified atom stereocenters. The van der Waals surface area contributed by atoms with Crippen molar-refractivity contribution in [1.29, 1.82) is 0 Å². The first-order chi connectivity index (χ1) is 9.04. The van der Waals surface area contributed by atoms with Crippen molar-refractivity contribution in [2.45, 2.75) is 6.04 Å². The van der Waals surface area contributed by atoms with E-state index in [4.69, 9.17) is 0 Å². The molecular formula is C14H11F4N. The third-order valence-corrected chi connectivity index (χ3v) is 2.84. The van der Waals surface area contributed by atoms with Crippen molar-refractivity contribution >= 4 is 0 Å². The largest absolute Gasteiger partial charge is 0.309 e. The lowest BCUT2D eigenvalue weighted by atomic mass is 9.98. The van der Waals surface area contributed by atoms with E-state index in [1.54, 1.807) is 6.07 Å². The van der Waals surface area contributed by atoms with Gasteiger partial charge in [-0.3, -0.25) is 0 Å². The predicted octanol–water partition coefficient (Wildman–Crippen LogP) is 3.55. The third-order valence-electron chi connectivity index (χ3n) is 2.84. The minimum absolute atomic E-state index is 0.115. The molecule has 0 spiro atoms. The maximum atomic E-state index is 13.7. The van der Waals surface area contributed by atoms with Crippen LogP contribution in [-0.2, 0) is 0 Å². The SMILES string of the molecule is CNC(c1cc(F)c(F)c(F)c1)c1ccccc1F. The smallest absolute Gasteiger partial charge is 0.194 e. The molecule has 0 saturated heterocycles. The summed E-state index contributed by atoms with van der Waals surface area (Å²) >= 11 is 0. The first-order valence-corrected chi connectivity index (χ1v) is 5.60. The second-order valence-electron chi connectivity index (χ2n) is 4.04. The molecule has 2 aromatic rings. The van der Waals surface area contributed by atoms with E-state index in [-0.39, 0.29) is 11.1 Å². The number of hydrogen-bond donors (Lipinski definition) is 1. The molecule has 2 rings (SSSR count). The van der Waals surface area contributed by atoms with Gasteiger partial charge in [-0.05, 0) is 30.8 Å². The normalized spacial score (nSPS) is 12.5. The highest BCUT2D eigenvalue weighted by Crippen LogP contribution is 2.26. The zero-order valence-electron chi connectivity index (χ0n) is 10.1. The van der Waals surface area contributed by atoms with Crippen LogP contribution in [0.15, 0.2) is 36.4 Å². The lowest BCUT2D eigenvalue weighted by molar-refractivity contribution is 0.442. The van der Waals surface area contributed by atoms with E-state index in [0.717, 1.165) is 12.1 Å². The Hall–Kier alpha value is -1.88. The summed E-state index contributed by atoms with van der Waals surface area (Å²) in [6, 6.07) is 6.81. The molecule has 5 heteroatoms. The number of hydrogen-bond acceptors (Lipinski definition) is 1. The predicted molar refractivity (Wildman–Crippen MR) is 63.6 cm³/mol. The van der Waals surface area contributed by atoms with Gasteiger partial charge in [0.1, 0.15) is 5.82 Å². The molecule has 2 aromatic carbocycles. The minimum Gasteiger partial charge on any atom is -0.309 e. The van der Waals surface area contributed by atoms with Gasteiger partial charge in [0, 0.05) is 5.56 Å². The van der Waals surface area contributed by atoms with Crippen molar-refractivity contribution in [2.24, 2.45) is 0 Å². The average molecular weight is 269 g/mol. The Kier molecular flexibility index (Phi) is 3.85. The van der Waals surface area contributed by atoms with Gasteiger partial charge in [0.15, 0.2) is 17.5 Å². The molecule has 100 valence electrons. The van der Waals surface area contributed by atoms with Crippen molar-refractivity contribution in [1.82, 2.24) is 5.32 Å². The van der Waals surface area contributed by atoms with E-state index in [0.29, 0.717) is 0 Å². The van der Waals surface area contributed by atoms with E-state index in [2.05, 4.69) is 5.32 Å². The molecule has 0 aliphatic carbocycles. The molecule has 1 nitrogen and oxygen atoms in total. The first-order valence-electron chi connectivity index (χ1n) is 5.60. The molecule has 1 N–H and O–H groups in total. The van der Waals surface area contributed by atoms with Crippen molar-refractivity contribution < 1.29 is 17.6 Å². The molecule has 0 radical (unpaired) electrons. The summed E-state index contributed by atoms with van der Waals surface area (Å²) in [6.07, 6.45) is 0. The van der Waals surface area contributed by atoms with Crippen LogP contribution in [0.1, 0.15) is 17.2 Å². The Bertz CT molecular complexity index is 575. The van der Waals surface area contributed by atoms with Gasteiger partial charge in [-0.2, -0.15) is 0 Å². The van der Waals surface area contributed by atoms with Crippen molar-refractivity contribution in [3.05, 3.63) is 70.8 Å². The summed E-state index contributed by atoms with van der Waals surface area (Å²) in [6.45, 7) is 0. The third kappa shape index (κ3) is 2.61. The van der Waals surface area contributed by atoms with Gasteiger partial charge in [-0.1, -0.05) is 18.2 Å². The topological polar surface area (TPSA) is 12.0 Å². The van der Waals surface area contributed by atoms with E-state index in [1.807, 2.05) is 0 Å². The molecule has 0 bridgehead atoms. The maximum Gasteiger partial charge on any atom is 0.194 e. The fourth-order valence-corrected chi connectivity index (χ4v) is 1.95. The molecule has 0 aliphatic heterocycles. The molecule has 0 aliphatic rings. The van der Waals surface area contributed by atoms with Crippen LogP contribution in [0.4, 0.5) is 17.6 Å². The summed E-state index contributed by atoms with van der Waals surface area (Å²) < 4.78 is 53.0. The van der Waals surface area contributed by atoms with Crippen molar-refractivity contribution in [2.75, 3.05) is 7.05 Å². The van der Waals surface area contributed by atoms with Gasteiger partial charge in [0.2, 0.25) is 0 Å². The average Bonchev–Trinajstić information content (AvgIpc) is 2.39. The Morgan fingerprint density at radius 2 is 1.47 bits per heavy atom. The van der Waals surface area contributed by atoms with Gasteiger partial charge in [-0.25, -0.2) is 17.6 Å². The van der Waals surface area contributed by atoms with Gasteiger partial charge >= 0.3 is 0 Å². The number of benzene rings is 2. The Morgan fingerprint density at radius 3 is 2.00 bits per heavy atom. The number of halogens is 4. The van der Waals surface area contributed by atoms with Gasteiger partial charge in [0.05, 0.1) is 6.04 Å². The summed E-state index contributed by atoms with van der Waals surface area (Å²) in [7, 11) is 1.52. The van der Waals surface area contributed by atoms with Crippen LogP contribution < -0.4 is 5.32 Å². The Morgan fingerprint density at radius 1 is 0.895 bits per heavy atom. The lowest BCUT2D eigenvalue weighted by Crippen LogP contribution is -2.19. The fourth-order valence-electron chi connectivity index (χ4n) is 1.95. The molecule has 0 heterocycles. The molecule has 19 heavy (non-hydrogen) atoms. The maximum absolute atomic E-state index is 13.7. The first kappa shape index (κ1) is 13.5. The molecule has 0 amide bonds. The lowest BCUT2D eigenvalue weighted by Gasteiger charge is -2.18. The molecule has 1 atom stereocenters. The van der Waals surface area contributed by atoms with E-state index in [9.17, 15) is 17.6 Å². The highest BCUT2D eigenvalue weighted by Gasteiger charge is 2.19. The summed E-state index contributed by atoms with van der Waals surface area (Å²) in [5.74, 6) is -4.64. The van der Waals surface area contributed by atoms with Crippen LogP contribution in [0, 0.1) is 23.3 Å². The molecule has 0 aromatic heterocycles. The van der Waals surface area contributed by atoms with E-state index in [1.165, 1.54) is 25.2 Å². The number of nitrogens with one attached hydrogen (secondary N) is 1. The van der Waals surface area contributed by atoms with Crippen LogP contribution in [-0.4, -0.2) is 7.05 Å². The van der Waals surface area contributed by atoms with E-state index >= 15 is 0 Å². The fraction of sp³-hybridized carbons (Fsp3) is 0.143. The van der Waals surface area contributed by atoms with Gasteiger partial charge < -0.3 is 5.32 Å². The van der Waals surface area contributed by atoms with E-state index < -0.39 is 29.3 Å². The van der Waals surface area contributed by atoms with Crippen molar-refractivity contribution in [3.8, 4) is 0 Å². The van der Waals surface area contributed by atoms with Crippen molar-refractivity contribution in [3.63, 3.8) is 0 Å². The Balaban J connectivity index is 2.52. The molecule has 0 fully saturated rings. The van der Waals surface area contributed by atoms with Crippen LogP contribution in [0.2, 0.25) is 0 Å². The number of rotatable bonds is 3.